The van der Waals surface area contributed by atoms with Crippen LogP contribution >= 0.6 is 11.3 Å². The molecule has 3 N–H and O–H groups in total. The Hall–Kier alpha value is -3.73. The highest BCUT2D eigenvalue weighted by Gasteiger charge is 2.49. The Kier molecular flexibility index (Phi) is 6.41. The van der Waals surface area contributed by atoms with Gasteiger partial charge in [0.25, 0.3) is 0 Å². The zero-order valence-corrected chi connectivity index (χ0v) is 25.0. The van der Waals surface area contributed by atoms with Gasteiger partial charge in [0.15, 0.2) is 17.5 Å². The van der Waals surface area contributed by atoms with E-state index in [2.05, 4.69) is 21.2 Å². The zero-order valence-electron chi connectivity index (χ0n) is 24.2. The number of nitrogens with one attached hydrogen (secondary N) is 1. The molecule has 0 spiro atoms. The molecule has 44 heavy (non-hydrogen) atoms. The Bertz CT molecular complexity index is 1860. The first-order valence-corrected chi connectivity index (χ1v) is 15.9. The predicted octanol–water partition coefficient (Wildman–Crippen LogP) is 4.84. The highest BCUT2D eigenvalue weighted by molar-refractivity contribution is 7.23. The van der Waals surface area contributed by atoms with Crippen molar-refractivity contribution in [3.05, 3.63) is 35.0 Å². The summed E-state index contributed by atoms with van der Waals surface area (Å²) in [5, 5.41) is 14.6. The van der Waals surface area contributed by atoms with E-state index in [-0.39, 0.29) is 41.5 Å². The van der Waals surface area contributed by atoms with Crippen LogP contribution in [0.3, 0.4) is 0 Å². The summed E-state index contributed by atoms with van der Waals surface area (Å²) in [6.07, 6.45) is 3.28. The number of pyridine rings is 1. The molecule has 8 rings (SSSR count). The van der Waals surface area contributed by atoms with Crippen LogP contribution in [0.5, 0.6) is 6.01 Å². The molecule has 4 atom stereocenters. The third-order valence-electron chi connectivity index (χ3n) is 10.0. The lowest BCUT2D eigenvalue weighted by Gasteiger charge is -2.36. The average molecular weight is 621 g/mol. The quantitative estimate of drug-likeness (QED) is 0.323. The lowest BCUT2D eigenvalue weighted by molar-refractivity contribution is 0.107. The van der Waals surface area contributed by atoms with Gasteiger partial charge in [-0.1, -0.05) is 0 Å². The Morgan fingerprint density at radius 1 is 1.20 bits per heavy atom. The van der Waals surface area contributed by atoms with E-state index in [9.17, 15) is 14.0 Å². The maximum atomic E-state index is 15.7. The number of benzene rings is 1. The van der Waals surface area contributed by atoms with Gasteiger partial charge in [0.2, 0.25) is 0 Å². The number of aromatic nitrogens is 3. The predicted molar refractivity (Wildman–Crippen MR) is 163 cm³/mol. The maximum Gasteiger partial charge on any atom is 0.319 e. The molecule has 4 aliphatic heterocycles. The molecule has 2 bridgehead atoms. The van der Waals surface area contributed by atoms with E-state index in [0.717, 1.165) is 62.7 Å². The van der Waals surface area contributed by atoms with Crippen LogP contribution in [0, 0.1) is 29.9 Å². The normalized spacial score (nSPS) is 26.5. The highest BCUT2D eigenvalue weighted by Crippen LogP contribution is 2.45. The minimum atomic E-state index is -1.08. The van der Waals surface area contributed by atoms with Crippen molar-refractivity contribution in [1.82, 2.24) is 25.2 Å². The average Bonchev–Trinajstić information content (AvgIpc) is 3.69. The molecule has 4 aliphatic rings. The molecular weight excluding hydrogens is 589 g/mol. The van der Waals surface area contributed by atoms with Gasteiger partial charge in [0, 0.05) is 59.4 Å². The van der Waals surface area contributed by atoms with Crippen molar-refractivity contribution >= 4 is 43.3 Å². The van der Waals surface area contributed by atoms with E-state index < -0.39 is 23.3 Å². The van der Waals surface area contributed by atoms with Crippen LogP contribution in [0.15, 0.2) is 12.1 Å². The summed E-state index contributed by atoms with van der Waals surface area (Å²) in [5.41, 5.74) is 7.12. The second-order valence-corrected chi connectivity index (χ2v) is 13.6. The molecular formula is C31H31F3N8OS. The van der Waals surface area contributed by atoms with Crippen LogP contribution in [0.2, 0.25) is 0 Å². The fraction of sp³-hybridized carbons (Fsp3) is 0.484. The third-order valence-corrected chi connectivity index (χ3v) is 11.1. The van der Waals surface area contributed by atoms with Gasteiger partial charge in [0.1, 0.15) is 30.1 Å². The van der Waals surface area contributed by atoms with Gasteiger partial charge in [-0.2, -0.15) is 15.2 Å². The van der Waals surface area contributed by atoms with Crippen molar-refractivity contribution in [2.75, 3.05) is 43.4 Å². The largest absolute Gasteiger partial charge is 0.461 e. The van der Waals surface area contributed by atoms with E-state index in [1.54, 1.807) is 13.0 Å². The Morgan fingerprint density at radius 3 is 2.77 bits per heavy atom. The van der Waals surface area contributed by atoms with Crippen LogP contribution in [0.1, 0.15) is 43.4 Å². The summed E-state index contributed by atoms with van der Waals surface area (Å²) in [4.78, 5) is 18.7. The number of anilines is 2. The number of nitrogens with zero attached hydrogens (tertiary/aromatic N) is 6. The first-order valence-electron chi connectivity index (χ1n) is 15.1. The Labute approximate surface area is 255 Å². The van der Waals surface area contributed by atoms with Gasteiger partial charge >= 0.3 is 6.01 Å². The molecule has 4 saturated heterocycles. The first kappa shape index (κ1) is 27.8. The number of aryl methyl sites for hydroxylation is 1. The fourth-order valence-electron chi connectivity index (χ4n) is 7.94. The van der Waals surface area contributed by atoms with E-state index in [4.69, 9.17) is 25.4 Å². The van der Waals surface area contributed by atoms with Crippen molar-refractivity contribution < 1.29 is 17.9 Å². The summed E-state index contributed by atoms with van der Waals surface area (Å²) < 4.78 is 51.8. The number of hydrogen-bond acceptors (Lipinski definition) is 10. The van der Waals surface area contributed by atoms with Gasteiger partial charge in [-0.05, 0) is 56.8 Å². The van der Waals surface area contributed by atoms with Crippen LogP contribution in [-0.2, 0) is 0 Å². The smallest absolute Gasteiger partial charge is 0.319 e. The second-order valence-electron chi connectivity index (χ2n) is 12.5. The Morgan fingerprint density at radius 2 is 2.00 bits per heavy atom. The number of fused-ring (bicyclic) bond motifs is 5. The van der Waals surface area contributed by atoms with E-state index in [0.29, 0.717) is 50.5 Å². The number of hydrogen-bond donors (Lipinski definition) is 2. The van der Waals surface area contributed by atoms with Crippen LogP contribution < -0.4 is 20.7 Å². The summed E-state index contributed by atoms with van der Waals surface area (Å²) in [5.74, 6) is -1.56. The van der Waals surface area contributed by atoms with Gasteiger partial charge in [-0.3, -0.25) is 4.90 Å². The van der Waals surface area contributed by atoms with E-state index in [1.165, 1.54) is 0 Å². The molecule has 7 heterocycles. The van der Waals surface area contributed by atoms with Gasteiger partial charge in [-0.15, -0.1) is 11.3 Å². The summed E-state index contributed by atoms with van der Waals surface area (Å²) in [7, 11) is 0. The SMILES string of the molecule is Cc1c(N)sc2cc(F)c(F)c(-c3cc4nc(OC[C@@]56CCCN5C[C@H](F)C6)nc(N5C6CCC5CNC6)c4nc3C#N)c12. The molecule has 0 aliphatic carbocycles. The molecule has 0 amide bonds. The van der Waals surface area contributed by atoms with Gasteiger partial charge in [-0.25, -0.2) is 18.2 Å². The summed E-state index contributed by atoms with van der Waals surface area (Å²) in [6, 6.07) is 5.29. The minimum absolute atomic E-state index is 0.0612. The van der Waals surface area contributed by atoms with Crippen molar-refractivity contribution in [1.29, 1.82) is 5.26 Å². The summed E-state index contributed by atoms with van der Waals surface area (Å²) in [6.45, 7) is 4.80. The first-order chi connectivity index (χ1) is 21.3. The molecule has 0 radical (unpaired) electrons. The topological polar surface area (TPSA) is 116 Å². The van der Waals surface area contributed by atoms with Crippen molar-refractivity contribution in [3.8, 4) is 23.2 Å². The van der Waals surface area contributed by atoms with Crippen molar-refractivity contribution in [2.24, 2.45) is 0 Å². The molecule has 4 fully saturated rings. The Balaban J connectivity index is 1.31. The molecule has 4 aromatic rings. The molecule has 13 heteroatoms. The van der Waals surface area contributed by atoms with Crippen LogP contribution in [0.4, 0.5) is 24.0 Å². The highest BCUT2D eigenvalue weighted by atomic mass is 32.1. The number of nitrogens with two attached hydrogens (primary N) is 1. The standard InChI is InChI=1S/C31H31F3N8OS/c1-15-24-23(44-28(15)36)8-20(33)26(34)25(24)19-7-21-27(38-22(19)10-35)29(42-17-3-4-18(42)12-37-11-17)40-30(39-21)43-14-31-5-2-6-41(31)13-16(32)9-31/h7-8,16-18,37H,2-6,9,11-14,36H2,1H3/t16-,17?,18?,31+/m1/s1. The lowest BCUT2D eigenvalue weighted by atomic mass is 9.95. The molecule has 3 aromatic heterocycles. The number of nitriles is 1. The number of rotatable bonds is 5. The molecule has 1 aromatic carbocycles. The number of thiophene rings is 1. The molecule has 9 nitrogen and oxygen atoms in total. The van der Waals surface area contributed by atoms with E-state index >= 15 is 4.39 Å². The maximum absolute atomic E-state index is 15.7. The number of halogens is 3. The number of piperazine rings is 1. The minimum Gasteiger partial charge on any atom is -0.461 e. The van der Waals surface area contributed by atoms with Gasteiger partial charge < -0.3 is 20.7 Å². The lowest BCUT2D eigenvalue weighted by Crippen LogP contribution is -2.52. The molecule has 2 unspecified atom stereocenters. The molecule has 228 valence electrons. The second kappa shape index (κ2) is 10.2. The van der Waals surface area contributed by atoms with Crippen LogP contribution in [-0.4, -0.2) is 76.4 Å². The van der Waals surface area contributed by atoms with E-state index in [1.807, 2.05) is 0 Å². The third kappa shape index (κ3) is 4.14. The molecule has 0 saturated carbocycles. The van der Waals surface area contributed by atoms with Gasteiger partial charge in [0.05, 0.1) is 16.1 Å². The number of ether oxygens (including phenoxy) is 1. The van der Waals surface area contributed by atoms with Crippen LogP contribution in [0.25, 0.3) is 32.2 Å². The number of nitrogen functional groups attached to an aromatic ring is 1. The summed E-state index contributed by atoms with van der Waals surface area (Å²) >= 11 is 1.16. The number of alkyl halides is 1. The zero-order chi connectivity index (χ0) is 30.3. The monoisotopic (exact) mass is 620 g/mol. The van der Waals surface area contributed by atoms with Crippen molar-refractivity contribution in [3.63, 3.8) is 0 Å². The fourth-order valence-corrected chi connectivity index (χ4v) is 8.95. The van der Waals surface area contributed by atoms with Crippen molar-refractivity contribution in [2.45, 2.75) is 62.8 Å².